The summed E-state index contributed by atoms with van der Waals surface area (Å²) in [5, 5.41) is 0. The number of aromatic nitrogens is 1. The average molecular weight is 312 g/mol. The van der Waals surface area contributed by atoms with Crippen molar-refractivity contribution in [2.75, 3.05) is 26.2 Å². The Morgan fingerprint density at radius 2 is 2.13 bits per heavy atom. The van der Waals surface area contributed by atoms with Crippen LogP contribution in [0.4, 0.5) is 0 Å². The maximum Gasteiger partial charge on any atom is 0.201 e. The molecule has 3 rings (SSSR count). The third kappa shape index (κ3) is 4.76. The van der Waals surface area contributed by atoms with Gasteiger partial charge >= 0.3 is 0 Å². The van der Waals surface area contributed by atoms with Crippen molar-refractivity contribution in [3.05, 3.63) is 54.1 Å². The van der Waals surface area contributed by atoms with Crippen LogP contribution in [0.5, 0.6) is 0 Å². The van der Waals surface area contributed by atoms with Crippen LogP contribution < -0.4 is 0 Å². The minimum atomic E-state index is 0.0848. The first kappa shape index (κ1) is 15.9. The number of likely N-dealkylation sites (tertiary alicyclic amines) is 1. The minimum Gasteiger partial charge on any atom is -0.489 e. The molecule has 1 aromatic rings. The van der Waals surface area contributed by atoms with Crippen LogP contribution >= 0.6 is 0 Å². The van der Waals surface area contributed by atoms with E-state index in [0.29, 0.717) is 18.8 Å². The van der Waals surface area contributed by atoms with E-state index in [9.17, 15) is 4.79 Å². The number of nitrogens with zero attached hydrogens (tertiary/aromatic N) is 2. The number of hydrogen-bond donors (Lipinski definition) is 0. The van der Waals surface area contributed by atoms with Crippen molar-refractivity contribution >= 4 is 5.78 Å². The highest BCUT2D eigenvalue weighted by atomic mass is 16.5. The molecule has 0 spiro atoms. The van der Waals surface area contributed by atoms with Gasteiger partial charge in [-0.15, -0.1) is 0 Å². The van der Waals surface area contributed by atoms with Crippen LogP contribution in [0.3, 0.4) is 0 Å². The third-order valence-corrected chi connectivity index (χ3v) is 4.56. The number of Topliss-reactive ketones (excluding diaryl/α,β-unsaturated/α-hetero) is 1. The lowest BCUT2D eigenvalue weighted by Gasteiger charge is -2.31. The molecule has 0 bridgehead atoms. The molecule has 1 fully saturated rings. The summed E-state index contributed by atoms with van der Waals surface area (Å²) in [5.74, 6) is 1.33. The maximum absolute atomic E-state index is 11.6. The van der Waals surface area contributed by atoms with Gasteiger partial charge < -0.3 is 4.74 Å². The van der Waals surface area contributed by atoms with E-state index in [0.717, 1.165) is 32.0 Å². The summed E-state index contributed by atoms with van der Waals surface area (Å²) in [6.45, 7) is 3.70. The molecular weight excluding hydrogens is 288 g/mol. The highest BCUT2D eigenvalue weighted by Crippen LogP contribution is 2.20. The third-order valence-electron chi connectivity index (χ3n) is 4.56. The quantitative estimate of drug-likeness (QED) is 0.810. The predicted octanol–water partition coefficient (Wildman–Crippen LogP) is 2.77. The lowest BCUT2D eigenvalue weighted by atomic mass is 9.92. The number of ketones is 1. The molecule has 0 radical (unpaired) electrons. The number of carbonyl (C=O) groups excluding carboxylic acids is 1. The van der Waals surface area contributed by atoms with Crippen LogP contribution in [0.1, 0.15) is 25.0 Å². The van der Waals surface area contributed by atoms with E-state index in [1.165, 1.54) is 18.5 Å². The van der Waals surface area contributed by atoms with Crippen molar-refractivity contribution in [2.45, 2.75) is 25.7 Å². The molecule has 2 heterocycles. The fourth-order valence-electron chi connectivity index (χ4n) is 3.17. The SMILES string of the molecule is O=C1CC=CC=C1OCCN1CCC(Cc2ccccn2)CC1. The Morgan fingerprint density at radius 3 is 2.87 bits per heavy atom. The van der Waals surface area contributed by atoms with Crippen molar-refractivity contribution in [1.29, 1.82) is 0 Å². The van der Waals surface area contributed by atoms with Crippen molar-refractivity contribution in [3.63, 3.8) is 0 Å². The molecule has 4 heteroatoms. The molecule has 1 aliphatic carbocycles. The van der Waals surface area contributed by atoms with Gasteiger partial charge in [0.15, 0.2) is 5.76 Å². The van der Waals surface area contributed by atoms with Gasteiger partial charge in [0.2, 0.25) is 5.78 Å². The fourth-order valence-corrected chi connectivity index (χ4v) is 3.17. The molecule has 0 aromatic carbocycles. The monoisotopic (exact) mass is 312 g/mol. The second-order valence-corrected chi connectivity index (χ2v) is 6.25. The van der Waals surface area contributed by atoms with E-state index in [1.807, 2.05) is 24.4 Å². The van der Waals surface area contributed by atoms with E-state index in [4.69, 9.17) is 4.74 Å². The molecule has 1 aromatic heterocycles. The van der Waals surface area contributed by atoms with Crippen LogP contribution in [0.25, 0.3) is 0 Å². The number of ether oxygens (including phenoxy) is 1. The van der Waals surface area contributed by atoms with Gasteiger partial charge in [-0.25, -0.2) is 0 Å². The van der Waals surface area contributed by atoms with Gasteiger partial charge in [0.25, 0.3) is 0 Å². The Kier molecular flexibility index (Phi) is 5.59. The number of allylic oxidation sites excluding steroid dienone is 4. The van der Waals surface area contributed by atoms with Crippen molar-refractivity contribution in [1.82, 2.24) is 9.88 Å². The highest BCUT2D eigenvalue weighted by Gasteiger charge is 2.20. The summed E-state index contributed by atoms with van der Waals surface area (Å²) in [6.07, 6.45) is 11.4. The first-order valence-corrected chi connectivity index (χ1v) is 8.46. The Labute approximate surface area is 137 Å². The van der Waals surface area contributed by atoms with E-state index < -0.39 is 0 Å². The Morgan fingerprint density at radius 1 is 1.26 bits per heavy atom. The smallest absolute Gasteiger partial charge is 0.201 e. The lowest BCUT2D eigenvalue weighted by molar-refractivity contribution is -0.118. The summed E-state index contributed by atoms with van der Waals surface area (Å²) < 4.78 is 5.63. The molecule has 23 heavy (non-hydrogen) atoms. The van der Waals surface area contributed by atoms with E-state index in [2.05, 4.69) is 22.0 Å². The summed E-state index contributed by atoms with van der Waals surface area (Å²) in [5.41, 5.74) is 1.20. The molecule has 1 aliphatic heterocycles. The van der Waals surface area contributed by atoms with Gasteiger partial charge in [-0.2, -0.15) is 0 Å². The van der Waals surface area contributed by atoms with Gasteiger partial charge in [-0.05, 0) is 56.5 Å². The number of rotatable bonds is 6. The normalized spacial score (nSPS) is 19.7. The van der Waals surface area contributed by atoms with Crippen molar-refractivity contribution in [3.8, 4) is 0 Å². The lowest BCUT2D eigenvalue weighted by Crippen LogP contribution is -2.36. The molecule has 0 atom stereocenters. The van der Waals surface area contributed by atoms with Gasteiger partial charge in [0.05, 0.1) is 0 Å². The van der Waals surface area contributed by atoms with Gasteiger partial charge in [0, 0.05) is 24.9 Å². The van der Waals surface area contributed by atoms with Gasteiger partial charge in [-0.3, -0.25) is 14.7 Å². The molecule has 4 nitrogen and oxygen atoms in total. The van der Waals surface area contributed by atoms with Crippen LogP contribution in [0, 0.1) is 5.92 Å². The number of carbonyl (C=O) groups is 1. The second-order valence-electron chi connectivity index (χ2n) is 6.25. The standard InChI is InChI=1S/C19H24N2O2/c22-18-6-1-2-7-19(18)23-14-13-21-11-8-16(9-12-21)15-17-5-3-4-10-20-17/h1-5,7,10,16H,6,8-9,11-15H2. The van der Waals surface area contributed by atoms with Crippen LogP contribution in [0.2, 0.25) is 0 Å². The van der Waals surface area contributed by atoms with E-state index in [-0.39, 0.29) is 5.78 Å². The second kappa shape index (κ2) is 8.06. The van der Waals surface area contributed by atoms with Gasteiger partial charge in [-0.1, -0.05) is 18.2 Å². The zero-order chi connectivity index (χ0) is 15.9. The molecule has 122 valence electrons. The summed E-state index contributed by atoms with van der Waals surface area (Å²) in [7, 11) is 0. The largest absolute Gasteiger partial charge is 0.489 e. The molecule has 0 N–H and O–H groups in total. The predicted molar refractivity (Wildman–Crippen MR) is 89.9 cm³/mol. The minimum absolute atomic E-state index is 0.0848. The zero-order valence-corrected chi connectivity index (χ0v) is 13.5. The summed E-state index contributed by atoms with van der Waals surface area (Å²) >= 11 is 0. The van der Waals surface area contributed by atoms with E-state index in [1.54, 1.807) is 6.08 Å². The summed E-state index contributed by atoms with van der Waals surface area (Å²) in [6, 6.07) is 6.14. The zero-order valence-electron chi connectivity index (χ0n) is 13.5. The topological polar surface area (TPSA) is 42.4 Å². The fraction of sp³-hybridized carbons (Fsp3) is 0.474. The average Bonchev–Trinajstić information content (AvgIpc) is 2.59. The Hall–Kier alpha value is -1.94. The number of hydrogen-bond acceptors (Lipinski definition) is 4. The number of piperidine rings is 1. The highest BCUT2D eigenvalue weighted by molar-refractivity contribution is 5.95. The van der Waals surface area contributed by atoms with Crippen LogP contribution in [-0.2, 0) is 16.0 Å². The first-order valence-electron chi connectivity index (χ1n) is 8.46. The molecule has 0 amide bonds. The van der Waals surface area contributed by atoms with Gasteiger partial charge in [0.1, 0.15) is 6.61 Å². The molecule has 1 saturated heterocycles. The van der Waals surface area contributed by atoms with E-state index >= 15 is 0 Å². The van der Waals surface area contributed by atoms with Crippen molar-refractivity contribution < 1.29 is 9.53 Å². The molecule has 0 saturated carbocycles. The molecular formula is C19H24N2O2. The Balaban J connectivity index is 1.35. The molecule has 2 aliphatic rings. The Bertz CT molecular complexity index is 572. The molecule has 0 unspecified atom stereocenters. The van der Waals surface area contributed by atoms with Crippen LogP contribution in [-0.4, -0.2) is 41.9 Å². The van der Waals surface area contributed by atoms with Crippen LogP contribution in [0.15, 0.2) is 48.4 Å². The maximum atomic E-state index is 11.6. The first-order chi connectivity index (χ1) is 11.3. The number of pyridine rings is 1. The van der Waals surface area contributed by atoms with Crippen molar-refractivity contribution in [2.24, 2.45) is 5.92 Å². The summed E-state index contributed by atoms with van der Waals surface area (Å²) in [4.78, 5) is 18.5.